The molecular formula is C15H12Cl2N2O2. The van der Waals surface area contributed by atoms with Gasteiger partial charge in [0, 0.05) is 0 Å². The van der Waals surface area contributed by atoms with Gasteiger partial charge in [0.25, 0.3) is 0 Å². The predicted molar refractivity (Wildman–Crippen MR) is 85.7 cm³/mol. The Hall–Kier alpha value is -2.04. The highest BCUT2D eigenvalue weighted by Crippen LogP contribution is 2.23. The summed E-state index contributed by atoms with van der Waals surface area (Å²) >= 11 is 11.8. The molecule has 0 aromatic heterocycles. The molecule has 0 aliphatic rings. The van der Waals surface area contributed by atoms with Crippen LogP contribution in [0.4, 0.5) is 5.69 Å². The van der Waals surface area contributed by atoms with E-state index in [9.17, 15) is 4.79 Å². The predicted octanol–water partition coefficient (Wildman–Crippen LogP) is 4.53. The number of hydrazone groups is 1. The van der Waals surface area contributed by atoms with Crippen molar-refractivity contribution in [2.45, 2.75) is 6.92 Å². The molecule has 0 unspecified atom stereocenters. The maximum absolute atomic E-state index is 10.9. The van der Waals surface area contributed by atoms with Crippen molar-refractivity contribution in [1.82, 2.24) is 0 Å². The minimum Gasteiger partial charge on any atom is -0.478 e. The van der Waals surface area contributed by atoms with Gasteiger partial charge in [-0.2, -0.15) is 5.10 Å². The Balaban J connectivity index is 2.18. The van der Waals surface area contributed by atoms with E-state index >= 15 is 0 Å². The number of aromatic carboxylic acids is 1. The Morgan fingerprint density at radius 2 is 1.86 bits per heavy atom. The molecule has 0 saturated heterocycles. The number of nitrogens with zero attached hydrogens (tertiary/aromatic N) is 1. The topological polar surface area (TPSA) is 61.7 Å². The summed E-state index contributed by atoms with van der Waals surface area (Å²) < 4.78 is 0. The van der Waals surface area contributed by atoms with Crippen molar-refractivity contribution in [2.75, 3.05) is 5.43 Å². The molecule has 0 fully saturated rings. The highest BCUT2D eigenvalue weighted by atomic mass is 35.5. The van der Waals surface area contributed by atoms with E-state index in [1.54, 1.807) is 24.3 Å². The number of carboxylic acid groups (broad SMARTS) is 1. The fourth-order valence-electron chi connectivity index (χ4n) is 1.66. The summed E-state index contributed by atoms with van der Waals surface area (Å²) in [5.74, 6) is -0.983. The van der Waals surface area contributed by atoms with Crippen LogP contribution in [0, 0.1) is 0 Å². The normalized spacial score (nSPS) is 11.3. The van der Waals surface area contributed by atoms with Crippen LogP contribution in [0.25, 0.3) is 0 Å². The maximum atomic E-state index is 10.9. The van der Waals surface area contributed by atoms with Crippen molar-refractivity contribution in [1.29, 1.82) is 0 Å². The molecule has 0 saturated carbocycles. The third-order valence-electron chi connectivity index (χ3n) is 2.80. The molecule has 2 rings (SSSR count). The van der Waals surface area contributed by atoms with Crippen molar-refractivity contribution < 1.29 is 9.90 Å². The number of carbonyl (C=O) groups is 1. The molecule has 0 bridgehead atoms. The van der Waals surface area contributed by atoms with Crippen LogP contribution in [-0.4, -0.2) is 16.8 Å². The summed E-state index contributed by atoms with van der Waals surface area (Å²) in [6.45, 7) is 1.81. The standard InChI is InChI=1S/C15H12Cl2N2O2/c1-9(10-5-6-13(16)14(17)8-10)18-19-12-4-2-3-11(7-12)15(20)21/h2-8,19H,1H3,(H,20,21)/b18-9+. The van der Waals surface area contributed by atoms with Crippen LogP contribution < -0.4 is 5.43 Å². The number of benzene rings is 2. The van der Waals surface area contributed by atoms with Crippen molar-refractivity contribution in [3.63, 3.8) is 0 Å². The first-order valence-corrected chi connectivity index (χ1v) is 6.82. The lowest BCUT2D eigenvalue weighted by Crippen LogP contribution is -2.01. The smallest absolute Gasteiger partial charge is 0.335 e. The van der Waals surface area contributed by atoms with Gasteiger partial charge in [-0.15, -0.1) is 0 Å². The quantitative estimate of drug-likeness (QED) is 0.642. The van der Waals surface area contributed by atoms with E-state index in [1.165, 1.54) is 12.1 Å². The van der Waals surface area contributed by atoms with Crippen LogP contribution in [0.2, 0.25) is 10.0 Å². The number of carboxylic acids is 1. The van der Waals surface area contributed by atoms with E-state index < -0.39 is 5.97 Å². The van der Waals surface area contributed by atoms with Gasteiger partial charge >= 0.3 is 5.97 Å². The maximum Gasteiger partial charge on any atom is 0.335 e. The van der Waals surface area contributed by atoms with Gasteiger partial charge in [-0.25, -0.2) is 4.79 Å². The van der Waals surface area contributed by atoms with E-state index in [2.05, 4.69) is 10.5 Å². The third kappa shape index (κ3) is 3.97. The molecule has 108 valence electrons. The first-order chi connectivity index (χ1) is 9.97. The zero-order valence-electron chi connectivity index (χ0n) is 11.1. The molecule has 0 aliphatic heterocycles. The van der Waals surface area contributed by atoms with Crippen LogP contribution in [0.1, 0.15) is 22.8 Å². The lowest BCUT2D eigenvalue weighted by molar-refractivity contribution is 0.0697. The van der Waals surface area contributed by atoms with Crippen LogP contribution in [0.15, 0.2) is 47.6 Å². The summed E-state index contributed by atoms with van der Waals surface area (Å²) in [7, 11) is 0. The molecular weight excluding hydrogens is 311 g/mol. The molecule has 0 spiro atoms. The molecule has 0 amide bonds. The highest BCUT2D eigenvalue weighted by molar-refractivity contribution is 6.42. The summed E-state index contributed by atoms with van der Waals surface area (Å²) in [5.41, 5.74) is 5.14. The lowest BCUT2D eigenvalue weighted by Gasteiger charge is -2.05. The molecule has 2 N–H and O–H groups in total. The molecule has 2 aromatic carbocycles. The number of halogens is 2. The molecule has 6 heteroatoms. The molecule has 0 atom stereocenters. The van der Waals surface area contributed by atoms with E-state index in [-0.39, 0.29) is 5.56 Å². The SMILES string of the molecule is C/C(=N\Nc1cccc(C(=O)O)c1)c1ccc(Cl)c(Cl)c1. The molecule has 0 heterocycles. The van der Waals surface area contributed by atoms with Crippen LogP contribution in [-0.2, 0) is 0 Å². The summed E-state index contributed by atoms with van der Waals surface area (Å²) in [6, 6.07) is 11.6. The fourth-order valence-corrected chi connectivity index (χ4v) is 1.95. The first kappa shape index (κ1) is 15.4. The molecule has 0 aliphatic carbocycles. The largest absolute Gasteiger partial charge is 0.478 e. The Kier molecular flexibility index (Phi) is 4.83. The van der Waals surface area contributed by atoms with E-state index in [1.807, 2.05) is 13.0 Å². The zero-order chi connectivity index (χ0) is 15.4. The minimum absolute atomic E-state index is 0.197. The molecule has 0 radical (unpaired) electrons. The van der Waals surface area contributed by atoms with E-state index in [0.29, 0.717) is 21.4 Å². The Labute approximate surface area is 132 Å². The third-order valence-corrected chi connectivity index (χ3v) is 3.54. The van der Waals surface area contributed by atoms with E-state index in [4.69, 9.17) is 28.3 Å². The average molecular weight is 323 g/mol. The van der Waals surface area contributed by atoms with Gasteiger partial charge in [-0.3, -0.25) is 5.43 Å². The number of rotatable bonds is 4. The van der Waals surface area contributed by atoms with Gasteiger partial charge in [0.05, 0.1) is 27.0 Å². The Morgan fingerprint density at radius 3 is 2.52 bits per heavy atom. The monoisotopic (exact) mass is 322 g/mol. The second-order valence-corrected chi connectivity index (χ2v) is 5.14. The molecule has 2 aromatic rings. The number of nitrogens with one attached hydrogen (secondary N) is 1. The fraction of sp³-hybridized carbons (Fsp3) is 0.0667. The number of hydrogen-bond donors (Lipinski definition) is 2. The van der Waals surface area contributed by atoms with Crippen molar-refractivity contribution in [3.05, 3.63) is 63.6 Å². The van der Waals surface area contributed by atoms with Crippen LogP contribution in [0.5, 0.6) is 0 Å². The Bertz CT molecular complexity index is 715. The average Bonchev–Trinajstić information content (AvgIpc) is 2.48. The second kappa shape index (κ2) is 6.61. The van der Waals surface area contributed by atoms with E-state index in [0.717, 1.165) is 5.56 Å². The van der Waals surface area contributed by atoms with Crippen molar-refractivity contribution in [3.8, 4) is 0 Å². The van der Waals surface area contributed by atoms with Gasteiger partial charge < -0.3 is 5.11 Å². The van der Waals surface area contributed by atoms with Crippen molar-refractivity contribution in [2.24, 2.45) is 5.10 Å². The minimum atomic E-state index is -0.983. The summed E-state index contributed by atoms with van der Waals surface area (Å²) in [4.78, 5) is 10.9. The lowest BCUT2D eigenvalue weighted by atomic mass is 10.1. The van der Waals surface area contributed by atoms with Crippen LogP contribution in [0.3, 0.4) is 0 Å². The summed E-state index contributed by atoms with van der Waals surface area (Å²) in [5, 5.41) is 14.1. The zero-order valence-corrected chi connectivity index (χ0v) is 12.6. The van der Waals surface area contributed by atoms with Gasteiger partial charge in [-0.05, 0) is 42.8 Å². The van der Waals surface area contributed by atoms with Gasteiger partial charge in [-0.1, -0.05) is 35.3 Å². The summed E-state index contributed by atoms with van der Waals surface area (Å²) in [6.07, 6.45) is 0. The highest BCUT2D eigenvalue weighted by Gasteiger charge is 2.04. The van der Waals surface area contributed by atoms with Gasteiger partial charge in [0.2, 0.25) is 0 Å². The second-order valence-electron chi connectivity index (χ2n) is 4.32. The van der Waals surface area contributed by atoms with Gasteiger partial charge in [0.1, 0.15) is 0 Å². The molecule has 21 heavy (non-hydrogen) atoms. The van der Waals surface area contributed by atoms with Gasteiger partial charge in [0.15, 0.2) is 0 Å². The number of anilines is 1. The van der Waals surface area contributed by atoms with Crippen molar-refractivity contribution >= 4 is 40.6 Å². The number of hydrogen-bond acceptors (Lipinski definition) is 3. The molecule has 4 nitrogen and oxygen atoms in total. The van der Waals surface area contributed by atoms with Crippen LogP contribution >= 0.6 is 23.2 Å². The Morgan fingerprint density at radius 1 is 1.10 bits per heavy atom. The first-order valence-electron chi connectivity index (χ1n) is 6.06.